The van der Waals surface area contributed by atoms with Crippen molar-refractivity contribution in [2.45, 2.75) is 19.4 Å². The molecule has 0 amide bonds. The second-order valence-corrected chi connectivity index (χ2v) is 5.52. The highest BCUT2D eigenvalue weighted by Gasteiger charge is 2.16. The Bertz CT molecular complexity index is 931. The lowest BCUT2D eigenvalue weighted by atomic mass is 10.0. The Hall–Kier alpha value is -2.79. The standard InChI is InChI=1S/C19H18O5/c1-3-11-7-12(5-4-6-15(11)20)14-10-24-17-9-16(21)18(23-2)8-13(17)19(14)22/h4-10,15,20-21H,3H2,1-2H3. The number of aliphatic hydroxyl groups is 1. The summed E-state index contributed by atoms with van der Waals surface area (Å²) >= 11 is 0. The first kappa shape index (κ1) is 16.1. The molecule has 0 radical (unpaired) electrons. The maximum atomic E-state index is 12.8. The summed E-state index contributed by atoms with van der Waals surface area (Å²) in [4.78, 5) is 12.8. The molecule has 24 heavy (non-hydrogen) atoms. The fourth-order valence-electron chi connectivity index (χ4n) is 2.71. The highest BCUT2D eigenvalue weighted by atomic mass is 16.5. The molecule has 1 aromatic carbocycles. The summed E-state index contributed by atoms with van der Waals surface area (Å²) in [6, 6.07) is 2.82. The van der Waals surface area contributed by atoms with Gasteiger partial charge in [-0.25, -0.2) is 0 Å². The summed E-state index contributed by atoms with van der Waals surface area (Å²) in [5, 5.41) is 20.1. The number of aromatic hydroxyl groups is 1. The zero-order chi connectivity index (χ0) is 17.3. The van der Waals surface area contributed by atoms with Crippen LogP contribution in [0.2, 0.25) is 0 Å². The van der Waals surface area contributed by atoms with Crippen molar-refractivity contribution in [3.05, 3.63) is 64.1 Å². The maximum absolute atomic E-state index is 12.8. The van der Waals surface area contributed by atoms with Gasteiger partial charge in [0.15, 0.2) is 11.5 Å². The molecule has 0 aliphatic heterocycles. The zero-order valence-electron chi connectivity index (χ0n) is 13.4. The van der Waals surface area contributed by atoms with Crippen molar-refractivity contribution in [3.8, 4) is 11.5 Å². The number of benzene rings is 1. The first-order chi connectivity index (χ1) is 11.5. The van der Waals surface area contributed by atoms with Crippen LogP contribution in [-0.2, 0) is 0 Å². The average molecular weight is 326 g/mol. The molecule has 1 heterocycles. The molecule has 1 unspecified atom stereocenters. The summed E-state index contributed by atoms with van der Waals surface area (Å²) in [5.74, 6) is 0.121. The van der Waals surface area contributed by atoms with E-state index >= 15 is 0 Å². The van der Waals surface area contributed by atoms with Crippen molar-refractivity contribution < 1.29 is 19.4 Å². The molecule has 0 fully saturated rings. The Morgan fingerprint density at radius 3 is 2.83 bits per heavy atom. The molecule has 2 N–H and O–H groups in total. The fourth-order valence-corrected chi connectivity index (χ4v) is 2.71. The van der Waals surface area contributed by atoms with Crippen molar-refractivity contribution in [3.63, 3.8) is 0 Å². The van der Waals surface area contributed by atoms with Crippen LogP contribution in [0.1, 0.15) is 18.9 Å². The number of aliphatic hydroxyl groups excluding tert-OH is 1. The van der Waals surface area contributed by atoms with Crippen LogP contribution in [0.4, 0.5) is 0 Å². The molecule has 0 spiro atoms. The third kappa shape index (κ3) is 2.74. The summed E-state index contributed by atoms with van der Waals surface area (Å²) in [6.07, 6.45) is 8.35. The van der Waals surface area contributed by atoms with Gasteiger partial charge in [-0.3, -0.25) is 4.79 Å². The van der Waals surface area contributed by atoms with Crippen molar-refractivity contribution in [1.82, 2.24) is 0 Å². The van der Waals surface area contributed by atoms with Gasteiger partial charge in [-0.2, -0.15) is 0 Å². The topological polar surface area (TPSA) is 79.9 Å². The van der Waals surface area contributed by atoms with Gasteiger partial charge in [0, 0.05) is 6.07 Å². The van der Waals surface area contributed by atoms with E-state index in [9.17, 15) is 15.0 Å². The summed E-state index contributed by atoms with van der Waals surface area (Å²) in [7, 11) is 1.42. The smallest absolute Gasteiger partial charge is 0.200 e. The van der Waals surface area contributed by atoms with E-state index in [2.05, 4.69) is 0 Å². The highest BCUT2D eigenvalue weighted by molar-refractivity contribution is 5.86. The molecule has 1 atom stereocenters. The lowest BCUT2D eigenvalue weighted by Crippen LogP contribution is -2.09. The molecule has 0 saturated carbocycles. The third-order valence-corrected chi connectivity index (χ3v) is 4.08. The molecular weight excluding hydrogens is 308 g/mol. The van der Waals surface area contributed by atoms with Gasteiger partial charge in [0.05, 0.1) is 24.2 Å². The van der Waals surface area contributed by atoms with E-state index in [1.165, 1.54) is 25.5 Å². The van der Waals surface area contributed by atoms with Crippen LogP contribution < -0.4 is 10.2 Å². The zero-order valence-corrected chi connectivity index (χ0v) is 13.4. The number of ether oxygens (including phenoxy) is 1. The maximum Gasteiger partial charge on any atom is 0.200 e. The first-order valence-electron chi connectivity index (χ1n) is 7.65. The number of methoxy groups -OCH3 is 1. The lowest BCUT2D eigenvalue weighted by molar-refractivity contribution is 0.256. The van der Waals surface area contributed by atoms with E-state index in [0.29, 0.717) is 22.9 Å². The molecule has 1 aliphatic carbocycles. The van der Waals surface area contributed by atoms with Gasteiger partial charge in [-0.15, -0.1) is 0 Å². The Balaban J connectivity index is 2.21. The van der Waals surface area contributed by atoms with Gasteiger partial charge < -0.3 is 19.4 Å². The number of hydrogen-bond donors (Lipinski definition) is 2. The van der Waals surface area contributed by atoms with Crippen LogP contribution >= 0.6 is 0 Å². The molecule has 0 saturated heterocycles. The Labute approximate surface area is 138 Å². The largest absolute Gasteiger partial charge is 0.504 e. The van der Waals surface area contributed by atoms with E-state index in [1.807, 2.05) is 6.92 Å². The highest BCUT2D eigenvalue weighted by Crippen LogP contribution is 2.31. The Morgan fingerprint density at radius 2 is 2.12 bits per heavy atom. The first-order valence-corrected chi connectivity index (χ1v) is 7.65. The summed E-state index contributed by atoms with van der Waals surface area (Å²) in [5.41, 5.74) is 1.93. The van der Waals surface area contributed by atoms with E-state index in [-0.39, 0.29) is 22.5 Å². The van der Waals surface area contributed by atoms with Crippen LogP contribution in [0.5, 0.6) is 11.5 Å². The van der Waals surface area contributed by atoms with Crippen molar-refractivity contribution in [2.24, 2.45) is 0 Å². The molecule has 2 aromatic rings. The van der Waals surface area contributed by atoms with Gasteiger partial charge in [0.2, 0.25) is 5.43 Å². The lowest BCUT2D eigenvalue weighted by Gasteiger charge is -2.09. The molecular formula is C19H18O5. The number of hydrogen-bond acceptors (Lipinski definition) is 5. The van der Waals surface area contributed by atoms with E-state index in [1.54, 1.807) is 24.3 Å². The van der Waals surface area contributed by atoms with Crippen molar-refractivity contribution >= 4 is 16.5 Å². The molecule has 5 heteroatoms. The molecule has 5 nitrogen and oxygen atoms in total. The quantitative estimate of drug-likeness (QED) is 0.905. The molecule has 1 aromatic heterocycles. The normalized spacial score (nSPS) is 17.4. The predicted octanol–water partition coefficient (Wildman–Crippen LogP) is 3.16. The van der Waals surface area contributed by atoms with Crippen LogP contribution in [0, 0.1) is 0 Å². The van der Waals surface area contributed by atoms with Gasteiger partial charge in [-0.05, 0) is 23.6 Å². The fraction of sp³-hybridized carbons (Fsp3) is 0.211. The van der Waals surface area contributed by atoms with Crippen molar-refractivity contribution in [2.75, 3.05) is 7.11 Å². The van der Waals surface area contributed by atoms with Crippen LogP contribution in [0.25, 0.3) is 16.5 Å². The SMILES string of the molecule is CCC1=CC(c2coc3cc(O)c(OC)cc3c2=O)=CC=CC1O. The second kappa shape index (κ2) is 6.37. The minimum absolute atomic E-state index is 0.0891. The van der Waals surface area contributed by atoms with Crippen LogP contribution in [-0.4, -0.2) is 23.4 Å². The van der Waals surface area contributed by atoms with Crippen LogP contribution in [0.15, 0.2) is 57.5 Å². The monoisotopic (exact) mass is 326 g/mol. The number of phenols is 1. The van der Waals surface area contributed by atoms with Crippen LogP contribution in [0.3, 0.4) is 0 Å². The van der Waals surface area contributed by atoms with Crippen molar-refractivity contribution in [1.29, 1.82) is 0 Å². The van der Waals surface area contributed by atoms with Gasteiger partial charge in [-0.1, -0.05) is 31.2 Å². The average Bonchev–Trinajstić information content (AvgIpc) is 2.76. The molecule has 0 bridgehead atoms. The Morgan fingerprint density at radius 1 is 1.33 bits per heavy atom. The number of fused-ring (bicyclic) bond motifs is 1. The Kier molecular flexibility index (Phi) is 4.27. The summed E-state index contributed by atoms with van der Waals surface area (Å²) in [6.45, 7) is 1.95. The minimum atomic E-state index is -0.659. The second-order valence-electron chi connectivity index (χ2n) is 5.52. The predicted molar refractivity (Wildman–Crippen MR) is 92.2 cm³/mol. The third-order valence-electron chi connectivity index (χ3n) is 4.08. The minimum Gasteiger partial charge on any atom is -0.504 e. The van der Waals surface area contributed by atoms with Gasteiger partial charge in [0.1, 0.15) is 11.8 Å². The van der Waals surface area contributed by atoms with E-state index in [0.717, 1.165) is 5.57 Å². The van der Waals surface area contributed by atoms with E-state index < -0.39 is 6.10 Å². The molecule has 1 aliphatic rings. The number of allylic oxidation sites excluding steroid dienone is 4. The van der Waals surface area contributed by atoms with Gasteiger partial charge in [0.25, 0.3) is 0 Å². The number of phenolic OH excluding ortho intramolecular Hbond substituents is 1. The molecule has 124 valence electrons. The summed E-state index contributed by atoms with van der Waals surface area (Å²) < 4.78 is 10.6. The number of rotatable bonds is 3. The van der Waals surface area contributed by atoms with Gasteiger partial charge >= 0.3 is 0 Å². The van der Waals surface area contributed by atoms with E-state index in [4.69, 9.17) is 9.15 Å². The molecule has 3 rings (SSSR count).